The number of thioether (sulfide) groups is 1. The van der Waals surface area contributed by atoms with Crippen LogP contribution in [0.5, 0.6) is 5.75 Å². The van der Waals surface area contributed by atoms with E-state index in [1.165, 1.54) is 29.9 Å². The molecule has 2 rings (SSSR count). The van der Waals surface area contributed by atoms with E-state index in [0.717, 1.165) is 12.3 Å². The summed E-state index contributed by atoms with van der Waals surface area (Å²) < 4.78 is 5.14. The highest BCUT2D eigenvalue weighted by Crippen LogP contribution is 2.25. The van der Waals surface area contributed by atoms with Crippen LogP contribution in [-0.4, -0.2) is 24.7 Å². The molecule has 94 valence electrons. The van der Waals surface area contributed by atoms with Crippen molar-refractivity contribution in [1.82, 2.24) is 5.32 Å². The molecule has 0 spiro atoms. The second-order valence-electron chi connectivity index (χ2n) is 4.24. The van der Waals surface area contributed by atoms with Gasteiger partial charge in [-0.1, -0.05) is 17.7 Å². The van der Waals surface area contributed by atoms with Crippen LogP contribution in [0.4, 0.5) is 0 Å². The molecule has 0 aromatic heterocycles. The van der Waals surface area contributed by atoms with Crippen molar-refractivity contribution in [3.63, 3.8) is 0 Å². The minimum Gasteiger partial charge on any atom is -0.495 e. The molecule has 0 atom stereocenters. The smallest absolute Gasteiger partial charge is 0.137 e. The fraction of sp³-hybridized carbons (Fsp3) is 0.538. The monoisotopic (exact) mass is 271 g/mol. The standard InChI is InChI=1S/C13H18ClNOS/c1-16-13-3-2-10(8-12(13)14)9-15-11-4-6-17-7-5-11/h2-3,8,11,15H,4-7,9H2,1H3. The summed E-state index contributed by atoms with van der Waals surface area (Å²) in [5.41, 5.74) is 1.22. The normalized spacial score (nSPS) is 17.1. The Kier molecular flexibility index (Phi) is 5.01. The van der Waals surface area contributed by atoms with Crippen LogP contribution in [0.1, 0.15) is 18.4 Å². The zero-order chi connectivity index (χ0) is 12.1. The Balaban J connectivity index is 1.87. The molecule has 4 heteroatoms. The molecule has 0 radical (unpaired) electrons. The van der Waals surface area contributed by atoms with E-state index in [9.17, 15) is 0 Å². The largest absolute Gasteiger partial charge is 0.495 e. The van der Waals surface area contributed by atoms with E-state index in [1.54, 1.807) is 7.11 Å². The molecular formula is C13H18ClNOS. The minimum atomic E-state index is 0.664. The number of rotatable bonds is 4. The Morgan fingerprint density at radius 1 is 1.41 bits per heavy atom. The van der Waals surface area contributed by atoms with Crippen molar-refractivity contribution in [1.29, 1.82) is 0 Å². The SMILES string of the molecule is COc1ccc(CNC2CCSCC2)cc1Cl. The molecule has 0 unspecified atom stereocenters. The molecule has 0 aliphatic carbocycles. The third kappa shape index (κ3) is 3.80. The first-order valence-corrected chi connectivity index (χ1v) is 7.46. The van der Waals surface area contributed by atoms with Gasteiger partial charge in [0.1, 0.15) is 5.75 Å². The molecule has 2 nitrogen and oxygen atoms in total. The second-order valence-corrected chi connectivity index (χ2v) is 5.87. The van der Waals surface area contributed by atoms with E-state index in [4.69, 9.17) is 16.3 Å². The van der Waals surface area contributed by atoms with E-state index in [0.29, 0.717) is 11.1 Å². The first-order valence-electron chi connectivity index (χ1n) is 5.93. The van der Waals surface area contributed by atoms with Crippen LogP contribution in [0.2, 0.25) is 5.02 Å². The van der Waals surface area contributed by atoms with Gasteiger partial charge >= 0.3 is 0 Å². The molecular weight excluding hydrogens is 254 g/mol. The van der Waals surface area contributed by atoms with Gasteiger partial charge in [-0.25, -0.2) is 0 Å². The molecule has 1 aromatic rings. The first-order chi connectivity index (χ1) is 8.29. The van der Waals surface area contributed by atoms with Crippen molar-refractivity contribution in [2.75, 3.05) is 18.6 Å². The number of ether oxygens (including phenoxy) is 1. The van der Waals surface area contributed by atoms with Gasteiger partial charge in [-0.2, -0.15) is 11.8 Å². The van der Waals surface area contributed by atoms with Gasteiger partial charge in [0.2, 0.25) is 0 Å². The Morgan fingerprint density at radius 2 is 2.18 bits per heavy atom. The summed E-state index contributed by atoms with van der Waals surface area (Å²) in [5, 5.41) is 4.28. The van der Waals surface area contributed by atoms with Crippen LogP contribution in [0.15, 0.2) is 18.2 Å². The number of nitrogens with one attached hydrogen (secondary N) is 1. The molecule has 1 aliphatic rings. The average Bonchev–Trinajstić information content (AvgIpc) is 2.38. The molecule has 1 fully saturated rings. The third-order valence-corrected chi connectivity index (χ3v) is 4.38. The summed E-state index contributed by atoms with van der Waals surface area (Å²) in [4.78, 5) is 0. The lowest BCUT2D eigenvalue weighted by Gasteiger charge is -2.22. The van der Waals surface area contributed by atoms with Gasteiger partial charge in [-0.3, -0.25) is 0 Å². The predicted octanol–water partition coefficient (Wildman–Crippen LogP) is 3.33. The number of benzene rings is 1. The number of hydrogen-bond acceptors (Lipinski definition) is 3. The van der Waals surface area contributed by atoms with Crippen molar-refractivity contribution < 1.29 is 4.74 Å². The highest BCUT2D eigenvalue weighted by atomic mass is 35.5. The molecule has 17 heavy (non-hydrogen) atoms. The number of halogens is 1. The van der Waals surface area contributed by atoms with Crippen molar-refractivity contribution in [3.8, 4) is 5.75 Å². The van der Waals surface area contributed by atoms with Crippen LogP contribution < -0.4 is 10.1 Å². The maximum Gasteiger partial charge on any atom is 0.137 e. The van der Waals surface area contributed by atoms with Gasteiger partial charge in [0.05, 0.1) is 12.1 Å². The van der Waals surface area contributed by atoms with E-state index >= 15 is 0 Å². The van der Waals surface area contributed by atoms with Crippen LogP contribution in [0, 0.1) is 0 Å². The third-order valence-electron chi connectivity index (χ3n) is 3.03. The van der Waals surface area contributed by atoms with E-state index in [1.807, 2.05) is 12.1 Å². The van der Waals surface area contributed by atoms with E-state index < -0.39 is 0 Å². The highest BCUT2D eigenvalue weighted by molar-refractivity contribution is 7.99. The minimum absolute atomic E-state index is 0.664. The van der Waals surface area contributed by atoms with Gasteiger partial charge in [0, 0.05) is 12.6 Å². The van der Waals surface area contributed by atoms with Crippen molar-refractivity contribution in [3.05, 3.63) is 28.8 Å². The maximum absolute atomic E-state index is 6.09. The highest BCUT2D eigenvalue weighted by Gasteiger charge is 2.12. The average molecular weight is 272 g/mol. The Bertz CT molecular complexity index is 366. The number of methoxy groups -OCH3 is 1. The maximum atomic E-state index is 6.09. The predicted molar refractivity (Wildman–Crippen MR) is 75.2 cm³/mol. The Labute approximate surface area is 112 Å². The van der Waals surface area contributed by atoms with Crippen molar-refractivity contribution in [2.45, 2.75) is 25.4 Å². The zero-order valence-electron chi connectivity index (χ0n) is 10.0. The lowest BCUT2D eigenvalue weighted by Crippen LogP contribution is -2.32. The van der Waals surface area contributed by atoms with Crippen molar-refractivity contribution in [2.24, 2.45) is 0 Å². The lowest BCUT2D eigenvalue weighted by molar-refractivity contribution is 0.414. The Morgan fingerprint density at radius 3 is 2.82 bits per heavy atom. The topological polar surface area (TPSA) is 21.3 Å². The van der Waals surface area contributed by atoms with Crippen molar-refractivity contribution >= 4 is 23.4 Å². The summed E-state index contributed by atoms with van der Waals surface area (Å²) in [5.74, 6) is 3.30. The van der Waals surface area contributed by atoms with Crippen LogP contribution in [-0.2, 0) is 6.54 Å². The first kappa shape index (κ1) is 13.1. The fourth-order valence-electron chi connectivity index (χ4n) is 1.98. The number of hydrogen-bond donors (Lipinski definition) is 1. The molecule has 1 saturated heterocycles. The summed E-state index contributed by atoms with van der Waals surface area (Å²) in [6, 6.07) is 6.63. The summed E-state index contributed by atoms with van der Waals surface area (Å²) in [7, 11) is 1.64. The Hall–Kier alpha value is -0.380. The molecule has 0 bridgehead atoms. The summed E-state index contributed by atoms with van der Waals surface area (Å²) in [6.07, 6.45) is 2.54. The van der Waals surface area contributed by atoms with E-state index in [-0.39, 0.29) is 0 Å². The molecule has 0 saturated carbocycles. The summed E-state index contributed by atoms with van der Waals surface area (Å²) in [6.45, 7) is 0.888. The van der Waals surface area contributed by atoms with Gasteiger partial charge in [-0.05, 0) is 42.0 Å². The van der Waals surface area contributed by atoms with Crippen LogP contribution in [0.25, 0.3) is 0 Å². The van der Waals surface area contributed by atoms with Gasteiger partial charge in [-0.15, -0.1) is 0 Å². The summed E-state index contributed by atoms with van der Waals surface area (Å²) >= 11 is 8.15. The van der Waals surface area contributed by atoms with E-state index in [2.05, 4.69) is 23.1 Å². The zero-order valence-corrected chi connectivity index (χ0v) is 11.6. The van der Waals surface area contributed by atoms with Gasteiger partial charge in [0.25, 0.3) is 0 Å². The fourth-order valence-corrected chi connectivity index (χ4v) is 3.37. The molecule has 1 heterocycles. The molecule has 1 aromatic carbocycles. The molecule has 1 aliphatic heterocycles. The van der Waals surface area contributed by atoms with Gasteiger partial charge in [0.15, 0.2) is 0 Å². The van der Waals surface area contributed by atoms with Crippen LogP contribution in [0.3, 0.4) is 0 Å². The lowest BCUT2D eigenvalue weighted by atomic mass is 10.1. The molecule has 0 amide bonds. The second kappa shape index (κ2) is 6.53. The van der Waals surface area contributed by atoms with Gasteiger partial charge < -0.3 is 10.1 Å². The molecule has 1 N–H and O–H groups in total. The quantitative estimate of drug-likeness (QED) is 0.908. The van der Waals surface area contributed by atoms with Crippen LogP contribution >= 0.6 is 23.4 Å².